The number of nitrogens with zero attached hydrogens (tertiary/aromatic N) is 1. The lowest BCUT2D eigenvalue weighted by molar-refractivity contribution is -0.150. The second-order valence-electron chi connectivity index (χ2n) is 14.3. The number of esters is 1. The van der Waals surface area contributed by atoms with Gasteiger partial charge in [-0.15, -0.1) is 0 Å². The first-order chi connectivity index (χ1) is 22.7. The van der Waals surface area contributed by atoms with Crippen molar-refractivity contribution in [2.45, 2.75) is 219 Å². The summed E-state index contributed by atoms with van der Waals surface area (Å²) in [6.45, 7) is 9.04. The van der Waals surface area contributed by atoms with Crippen molar-refractivity contribution in [1.82, 2.24) is 4.90 Å². The molecule has 0 saturated carbocycles. The molecule has 0 spiro atoms. The quantitative estimate of drug-likeness (QED) is 0.0298. The van der Waals surface area contributed by atoms with Gasteiger partial charge in [-0.2, -0.15) is 0 Å². The molecule has 1 saturated heterocycles. The van der Waals surface area contributed by atoms with E-state index in [2.05, 4.69) is 62.1 Å². The second-order valence-corrected chi connectivity index (χ2v) is 14.3. The molecule has 0 amide bonds. The van der Waals surface area contributed by atoms with Crippen LogP contribution in [0.2, 0.25) is 0 Å². The van der Waals surface area contributed by atoms with Crippen molar-refractivity contribution in [2.24, 2.45) is 0 Å². The van der Waals surface area contributed by atoms with Gasteiger partial charge in [0.15, 0.2) is 0 Å². The average molecular weight is 642 g/mol. The normalized spacial score (nSPS) is 17.1. The number of carbonyl (C=O) groups excluding carboxylic acids is 1. The number of ether oxygens (including phenoxy) is 1. The van der Waals surface area contributed by atoms with E-state index in [4.69, 9.17) is 4.74 Å². The maximum atomic E-state index is 12.6. The van der Waals surface area contributed by atoms with Crippen molar-refractivity contribution in [3.05, 3.63) is 36.5 Å². The molecule has 3 atom stereocenters. The van der Waals surface area contributed by atoms with Crippen LogP contribution in [0.15, 0.2) is 36.5 Å². The minimum absolute atomic E-state index is 0.0374. The molecule has 1 heterocycles. The molecule has 1 rings (SSSR count). The molecule has 3 heteroatoms. The van der Waals surface area contributed by atoms with Crippen LogP contribution in [0.5, 0.6) is 0 Å². The largest absolute Gasteiger partial charge is 0.462 e. The lowest BCUT2D eigenvalue weighted by Crippen LogP contribution is -2.19. The fourth-order valence-corrected chi connectivity index (χ4v) is 6.34. The highest BCUT2D eigenvalue weighted by atomic mass is 16.5. The Kier molecular flexibility index (Phi) is 31.1. The highest BCUT2D eigenvalue weighted by Crippen LogP contribution is 2.20. The zero-order chi connectivity index (χ0) is 33.2. The van der Waals surface area contributed by atoms with Crippen molar-refractivity contribution >= 4 is 5.97 Å². The molecule has 46 heavy (non-hydrogen) atoms. The molecule has 0 N–H and O–H groups in total. The van der Waals surface area contributed by atoms with E-state index < -0.39 is 0 Å². The first-order valence-corrected chi connectivity index (χ1v) is 20.6. The van der Waals surface area contributed by atoms with E-state index in [0.29, 0.717) is 6.42 Å². The Morgan fingerprint density at radius 3 is 1.41 bits per heavy atom. The third-order valence-electron chi connectivity index (χ3n) is 9.63. The Morgan fingerprint density at radius 1 is 0.587 bits per heavy atom. The topological polar surface area (TPSA) is 29.3 Å². The van der Waals surface area contributed by atoms with Crippen molar-refractivity contribution in [3.63, 3.8) is 0 Å². The van der Waals surface area contributed by atoms with Crippen LogP contribution < -0.4 is 0 Å². The van der Waals surface area contributed by atoms with Gasteiger partial charge >= 0.3 is 5.97 Å². The zero-order valence-electron chi connectivity index (χ0n) is 31.3. The van der Waals surface area contributed by atoms with Gasteiger partial charge in [0.2, 0.25) is 0 Å². The van der Waals surface area contributed by atoms with E-state index in [1.165, 1.54) is 161 Å². The minimum Gasteiger partial charge on any atom is -0.462 e. The Balaban J connectivity index is 2.10. The fraction of sp³-hybridized carbons (Fsp3) is 0.837. The SMILES string of the molecule is CCCCC/C=C\C/C=C\CCCCCCCCC(CCCCCCCCCC/C=C\CCCCC)OC(=O)CCCN1CC1C. The van der Waals surface area contributed by atoms with E-state index in [-0.39, 0.29) is 12.1 Å². The van der Waals surface area contributed by atoms with Crippen molar-refractivity contribution in [1.29, 1.82) is 0 Å². The van der Waals surface area contributed by atoms with E-state index in [1.54, 1.807) is 0 Å². The van der Waals surface area contributed by atoms with Gasteiger partial charge in [-0.25, -0.2) is 0 Å². The number of hydrogen-bond donors (Lipinski definition) is 0. The molecule has 0 aromatic carbocycles. The molecule has 0 aromatic heterocycles. The molecule has 0 aliphatic carbocycles. The minimum atomic E-state index is 0.0374. The van der Waals surface area contributed by atoms with Gasteiger partial charge in [0.25, 0.3) is 0 Å². The molecule has 0 aromatic rings. The molecule has 3 unspecified atom stereocenters. The third kappa shape index (κ3) is 30.0. The summed E-state index contributed by atoms with van der Waals surface area (Å²) < 4.78 is 6.05. The van der Waals surface area contributed by atoms with Gasteiger partial charge in [-0.1, -0.05) is 140 Å². The Labute approximate surface area is 288 Å². The lowest BCUT2D eigenvalue weighted by atomic mass is 10.0. The Morgan fingerprint density at radius 2 is 0.978 bits per heavy atom. The molecular weight excluding hydrogens is 562 g/mol. The summed E-state index contributed by atoms with van der Waals surface area (Å²) in [6, 6.07) is 0.717. The third-order valence-corrected chi connectivity index (χ3v) is 9.63. The van der Waals surface area contributed by atoms with Crippen LogP contribution in [0.25, 0.3) is 0 Å². The first kappa shape index (κ1) is 42.7. The molecule has 268 valence electrons. The Hall–Kier alpha value is -1.35. The predicted molar refractivity (Wildman–Crippen MR) is 204 cm³/mol. The monoisotopic (exact) mass is 642 g/mol. The van der Waals surface area contributed by atoms with Gasteiger partial charge < -0.3 is 4.74 Å². The summed E-state index contributed by atoms with van der Waals surface area (Å²) >= 11 is 0. The van der Waals surface area contributed by atoms with E-state index >= 15 is 0 Å². The zero-order valence-corrected chi connectivity index (χ0v) is 31.3. The van der Waals surface area contributed by atoms with Gasteiger partial charge in [-0.3, -0.25) is 9.69 Å². The molecule has 0 bridgehead atoms. The maximum absolute atomic E-state index is 12.6. The number of carbonyl (C=O) groups is 1. The van der Waals surface area contributed by atoms with Crippen molar-refractivity contribution in [3.8, 4) is 0 Å². The standard InChI is InChI=1S/C43H79NO2/c1-4-6-8-10-12-14-16-18-20-22-24-26-28-30-32-34-37-42(46-43(45)38-35-39-44-40-41(44)3)36-33-31-29-27-25-23-21-19-17-15-13-11-9-7-5-2/h12-15,18,20,41-42H,4-11,16-17,19,21-40H2,1-3H3/b14-12-,15-13-,20-18-. The summed E-state index contributed by atoms with van der Waals surface area (Å²) in [7, 11) is 0. The fourth-order valence-electron chi connectivity index (χ4n) is 6.34. The number of hydrogen-bond acceptors (Lipinski definition) is 3. The molecule has 3 nitrogen and oxygen atoms in total. The number of allylic oxidation sites excluding steroid dienone is 6. The second kappa shape index (κ2) is 33.5. The van der Waals surface area contributed by atoms with E-state index in [0.717, 1.165) is 38.3 Å². The van der Waals surface area contributed by atoms with Crippen LogP contribution in [-0.2, 0) is 9.53 Å². The van der Waals surface area contributed by atoms with Gasteiger partial charge in [0.1, 0.15) is 6.10 Å². The lowest BCUT2D eigenvalue weighted by Gasteiger charge is -2.18. The van der Waals surface area contributed by atoms with Crippen LogP contribution in [-0.4, -0.2) is 36.1 Å². The highest BCUT2D eigenvalue weighted by Gasteiger charge is 2.28. The van der Waals surface area contributed by atoms with Crippen LogP contribution >= 0.6 is 0 Å². The summed E-state index contributed by atoms with van der Waals surface area (Å²) in [5.41, 5.74) is 0. The maximum Gasteiger partial charge on any atom is 0.306 e. The summed E-state index contributed by atoms with van der Waals surface area (Å²) in [5, 5.41) is 0. The summed E-state index contributed by atoms with van der Waals surface area (Å²) in [5.74, 6) is 0.0374. The number of unbranched alkanes of at least 4 members (excludes halogenated alkanes) is 20. The van der Waals surface area contributed by atoms with Crippen LogP contribution in [0.4, 0.5) is 0 Å². The molecular formula is C43H79NO2. The summed E-state index contributed by atoms with van der Waals surface area (Å²) in [4.78, 5) is 15.0. The van der Waals surface area contributed by atoms with Crippen LogP contribution in [0, 0.1) is 0 Å². The van der Waals surface area contributed by atoms with Gasteiger partial charge in [0.05, 0.1) is 0 Å². The molecule has 0 radical (unpaired) electrons. The predicted octanol–water partition coefficient (Wildman–Crippen LogP) is 13.6. The van der Waals surface area contributed by atoms with E-state index in [9.17, 15) is 4.79 Å². The van der Waals surface area contributed by atoms with Crippen LogP contribution in [0.3, 0.4) is 0 Å². The van der Waals surface area contributed by atoms with Gasteiger partial charge in [-0.05, 0) is 103 Å². The first-order valence-electron chi connectivity index (χ1n) is 20.6. The van der Waals surface area contributed by atoms with Crippen molar-refractivity contribution < 1.29 is 9.53 Å². The molecule has 1 fully saturated rings. The number of rotatable bonds is 35. The van der Waals surface area contributed by atoms with Crippen molar-refractivity contribution in [2.75, 3.05) is 13.1 Å². The molecule has 1 aliphatic heterocycles. The Bertz CT molecular complexity index is 741. The van der Waals surface area contributed by atoms with E-state index in [1.807, 2.05) is 0 Å². The average Bonchev–Trinajstić information content (AvgIpc) is 3.76. The van der Waals surface area contributed by atoms with Gasteiger partial charge in [0, 0.05) is 19.0 Å². The van der Waals surface area contributed by atoms with Crippen LogP contribution in [0.1, 0.15) is 207 Å². The highest BCUT2D eigenvalue weighted by molar-refractivity contribution is 5.69. The summed E-state index contributed by atoms with van der Waals surface area (Å²) in [6.07, 6.45) is 50.4. The smallest absolute Gasteiger partial charge is 0.306 e. The molecule has 1 aliphatic rings.